The van der Waals surface area contributed by atoms with Gasteiger partial charge in [-0.2, -0.15) is 4.98 Å². The quantitative estimate of drug-likeness (QED) is 0.461. The Morgan fingerprint density at radius 3 is 2.62 bits per heavy atom. The third kappa shape index (κ3) is 3.75. The summed E-state index contributed by atoms with van der Waals surface area (Å²) in [6.07, 6.45) is 1.37. The Kier molecular flexibility index (Phi) is 4.85. The summed E-state index contributed by atoms with van der Waals surface area (Å²) >= 11 is 3.27. The molecule has 0 unspecified atom stereocenters. The summed E-state index contributed by atoms with van der Waals surface area (Å²) in [5.74, 6) is 1.05. The van der Waals surface area contributed by atoms with Crippen molar-refractivity contribution < 1.29 is 9.66 Å². The van der Waals surface area contributed by atoms with Gasteiger partial charge >= 0.3 is 5.69 Å². The molecule has 0 saturated heterocycles. The molecule has 0 radical (unpaired) electrons. The normalized spacial score (nSPS) is 10.4. The average Bonchev–Trinajstić information content (AvgIpc) is 2.46. The predicted molar refractivity (Wildman–Crippen MR) is 81.7 cm³/mol. The first-order chi connectivity index (χ1) is 10.0. The van der Waals surface area contributed by atoms with Gasteiger partial charge in [-0.25, -0.2) is 4.98 Å². The summed E-state index contributed by atoms with van der Waals surface area (Å²) in [5.41, 5.74) is 0.814. The Hall–Kier alpha value is -2.02. The minimum absolute atomic E-state index is 0.0675. The fourth-order valence-electron chi connectivity index (χ4n) is 1.78. The van der Waals surface area contributed by atoms with E-state index in [1.807, 2.05) is 13.8 Å². The maximum absolute atomic E-state index is 11.2. The third-order valence-electron chi connectivity index (χ3n) is 2.88. The van der Waals surface area contributed by atoms with Crippen LogP contribution in [0.15, 0.2) is 28.9 Å². The molecule has 6 nitrogen and oxygen atoms in total. The highest BCUT2D eigenvalue weighted by atomic mass is 79.9. The minimum Gasteiger partial charge on any atom is -0.432 e. The number of benzene rings is 1. The van der Waals surface area contributed by atoms with Crippen LogP contribution < -0.4 is 4.74 Å². The lowest BCUT2D eigenvalue weighted by atomic mass is 10.1. The van der Waals surface area contributed by atoms with Crippen LogP contribution in [0.4, 0.5) is 5.69 Å². The number of hydrogen-bond donors (Lipinski definition) is 0. The average molecular weight is 352 g/mol. The first kappa shape index (κ1) is 15.4. The highest BCUT2D eigenvalue weighted by Gasteiger charge is 2.17. The SMILES string of the molecule is CCc1ccc(Oc2cc(Br)nc(CC)n2)c([N+](=O)[O-])c1. The summed E-state index contributed by atoms with van der Waals surface area (Å²) in [6.45, 7) is 3.86. The number of aryl methyl sites for hydroxylation is 2. The number of nitro benzene ring substituents is 1. The first-order valence-electron chi connectivity index (χ1n) is 6.52. The molecule has 1 aromatic carbocycles. The monoisotopic (exact) mass is 351 g/mol. The van der Waals surface area contributed by atoms with E-state index in [1.165, 1.54) is 6.07 Å². The lowest BCUT2D eigenvalue weighted by molar-refractivity contribution is -0.385. The molecule has 0 amide bonds. The molecule has 7 heteroatoms. The van der Waals surface area contributed by atoms with Crippen LogP contribution in [0.25, 0.3) is 0 Å². The van der Waals surface area contributed by atoms with E-state index in [1.54, 1.807) is 18.2 Å². The lowest BCUT2D eigenvalue weighted by Gasteiger charge is -2.08. The summed E-state index contributed by atoms with van der Waals surface area (Å²) in [6, 6.07) is 6.50. The smallest absolute Gasteiger partial charge is 0.311 e. The molecular weight excluding hydrogens is 338 g/mol. The van der Waals surface area contributed by atoms with Crippen molar-refractivity contribution in [3.05, 3.63) is 50.4 Å². The van der Waals surface area contributed by atoms with Gasteiger partial charge in [-0.3, -0.25) is 10.1 Å². The van der Waals surface area contributed by atoms with Crippen LogP contribution in [0, 0.1) is 10.1 Å². The number of halogens is 1. The van der Waals surface area contributed by atoms with E-state index in [0.29, 0.717) is 16.8 Å². The van der Waals surface area contributed by atoms with Crippen LogP contribution in [-0.4, -0.2) is 14.9 Å². The van der Waals surface area contributed by atoms with E-state index in [4.69, 9.17) is 4.74 Å². The standard InChI is InChI=1S/C14H14BrN3O3/c1-3-9-5-6-11(10(7-9)18(19)20)21-14-8-12(15)16-13(4-2)17-14/h5-8H,3-4H2,1-2H3. The topological polar surface area (TPSA) is 78.2 Å². The van der Waals surface area contributed by atoms with Gasteiger partial charge < -0.3 is 4.74 Å². The van der Waals surface area contributed by atoms with Gasteiger partial charge in [0.2, 0.25) is 11.6 Å². The van der Waals surface area contributed by atoms with Gasteiger partial charge in [0, 0.05) is 18.6 Å². The number of ether oxygens (including phenoxy) is 1. The molecule has 0 aliphatic heterocycles. The van der Waals surface area contributed by atoms with Crippen LogP contribution in [-0.2, 0) is 12.8 Å². The Morgan fingerprint density at radius 1 is 1.24 bits per heavy atom. The highest BCUT2D eigenvalue weighted by molar-refractivity contribution is 9.10. The van der Waals surface area contributed by atoms with E-state index in [9.17, 15) is 10.1 Å². The van der Waals surface area contributed by atoms with Gasteiger partial charge in [0.25, 0.3) is 0 Å². The van der Waals surface area contributed by atoms with E-state index >= 15 is 0 Å². The molecular formula is C14H14BrN3O3. The summed E-state index contributed by atoms with van der Waals surface area (Å²) < 4.78 is 6.15. The molecule has 1 heterocycles. The molecule has 0 fully saturated rings. The maximum atomic E-state index is 11.2. The molecule has 21 heavy (non-hydrogen) atoms. The molecule has 2 aromatic rings. The maximum Gasteiger partial charge on any atom is 0.311 e. The Balaban J connectivity index is 2.39. The number of nitrogens with zero attached hydrogens (tertiary/aromatic N) is 3. The highest BCUT2D eigenvalue weighted by Crippen LogP contribution is 2.32. The third-order valence-corrected chi connectivity index (χ3v) is 3.28. The molecule has 0 N–H and O–H groups in total. The van der Waals surface area contributed by atoms with E-state index in [0.717, 1.165) is 12.0 Å². The van der Waals surface area contributed by atoms with Crippen molar-refractivity contribution in [2.24, 2.45) is 0 Å². The lowest BCUT2D eigenvalue weighted by Crippen LogP contribution is -1.99. The second kappa shape index (κ2) is 6.62. The second-order valence-corrected chi connectivity index (χ2v) is 5.13. The van der Waals surface area contributed by atoms with Crippen LogP contribution in [0.3, 0.4) is 0 Å². The predicted octanol–water partition coefficient (Wildman–Crippen LogP) is 4.06. The number of nitro groups is 1. The Morgan fingerprint density at radius 2 is 2.00 bits per heavy atom. The van der Waals surface area contributed by atoms with Crippen molar-refractivity contribution in [3.8, 4) is 11.6 Å². The zero-order valence-corrected chi connectivity index (χ0v) is 13.3. The molecule has 0 aliphatic carbocycles. The molecule has 0 bridgehead atoms. The van der Waals surface area contributed by atoms with Crippen molar-refractivity contribution in [1.82, 2.24) is 9.97 Å². The van der Waals surface area contributed by atoms with Gasteiger partial charge in [0.15, 0.2) is 0 Å². The summed E-state index contributed by atoms with van der Waals surface area (Å²) in [7, 11) is 0. The molecule has 0 aliphatic rings. The van der Waals surface area contributed by atoms with Crippen molar-refractivity contribution in [3.63, 3.8) is 0 Å². The molecule has 0 saturated carbocycles. The minimum atomic E-state index is -0.453. The number of rotatable bonds is 5. The molecule has 2 rings (SSSR count). The summed E-state index contributed by atoms with van der Waals surface area (Å²) in [4.78, 5) is 19.1. The fraction of sp³-hybridized carbons (Fsp3) is 0.286. The van der Waals surface area contributed by atoms with E-state index in [-0.39, 0.29) is 17.3 Å². The first-order valence-corrected chi connectivity index (χ1v) is 7.31. The fourth-order valence-corrected chi connectivity index (χ4v) is 2.18. The van der Waals surface area contributed by atoms with Crippen LogP contribution in [0.2, 0.25) is 0 Å². The van der Waals surface area contributed by atoms with E-state index < -0.39 is 4.92 Å². The summed E-state index contributed by atoms with van der Waals surface area (Å²) in [5, 5.41) is 11.2. The largest absolute Gasteiger partial charge is 0.432 e. The molecule has 1 aromatic heterocycles. The van der Waals surface area contributed by atoms with Crippen molar-refractivity contribution in [1.29, 1.82) is 0 Å². The van der Waals surface area contributed by atoms with Gasteiger partial charge in [0.1, 0.15) is 10.4 Å². The zero-order valence-electron chi connectivity index (χ0n) is 11.7. The van der Waals surface area contributed by atoms with Gasteiger partial charge in [-0.15, -0.1) is 0 Å². The number of hydrogen-bond acceptors (Lipinski definition) is 5. The van der Waals surface area contributed by atoms with Crippen LogP contribution >= 0.6 is 15.9 Å². The molecule has 0 spiro atoms. The second-order valence-electron chi connectivity index (χ2n) is 4.31. The van der Waals surface area contributed by atoms with Crippen molar-refractivity contribution in [2.75, 3.05) is 0 Å². The van der Waals surface area contributed by atoms with Crippen molar-refractivity contribution >= 4 is 21.6 Å². The van der Waals surface area contributed by atoms with Crippen LogP contribution in [0.5, 0.6) is 11.6 Å². The van der Waals surface area contributed by atoms with Gasteiger partial charge in [-0.05, 0) is 34.0 Å². The van der Waals surface area contributed by atoms with Crippen LogP contribution in [0.1, 0.15) is 25.2 Å². The molecule has 110 valence electrons. The van der Waals surface area contributed by atoms with Gasteiger partial charge in [0.05, 0.1) is 4.92 Å². The Labute approximate surface area is 130 Å². The Bertz CT molecular complexity index is 677. The van der Waals surface area contributed by atoms with Gasteiger partial charge in [-0.1, -0.05) is 19.9 Å². The zero-order chi connectivity index (χ0) is 15.4. The number of aromatic nitrogens is 2. The van der Waals surface area contributed by atoms with E-state index in [2.05, 4.69) is 25.9 Å². The van der Waals surface area contributed by atoms with Crippen molar-refractivity contribution in [2.45, 2.75) is 26.7 Å². The molecule has 0 atom stereocenters.